The van der Waals surface area contributed by atoms with Gasteiger partial charge >= 0.3 is 0 Å². The van der Waals surface area contributed by atoms with E-state index < -0.39 is 10.0 Å². The van der Waals surface area contributed by atoms with Gasteiger partial charge in [-0.25, -0.2) is 13.1 Å². The Morgan fingerprint density at radius 1 is 1.13 bits per heavy atom. The number of benzene rings is 1. The van der Waals surface area contributed by atoms with Gasteiger partial charge in [0.05, 0.1) is 5.75 Å². The largest absolute Gasteiger partial charge is 0.303 e. The van der Waals surface area contributed by atoms with Crippen LogP contribution in [-0.2, 0) is 15.8 Å². The van der Waals surface area contributed by atoms with E-state index in [4.69, 9.17) is 0 Å². The highest BCUT2D eigenvalue weighted by molar-refractivity contribution is 7.88. The minimum absolute atomic E-state index is 0.0606. The van der Waals surface area contributed by atoms with E-state index in [0.717, 1.165) is 49.0 Å². The third-order valence-electron chi connectivity index (χ3n) is 4.39. The molecular formula is C18H30N2O2S. The average molecular weight is 339 g/mol. The highest BCUT2D eigenvalue weighted by Gasteiger charge is 2.21. The fourth-order valence-corrected chi connectivity index (χ4v) is 4.65. The summed E-state index contributed by atoms with van der Waals surface area (Å²) in [5.41, 5.74) is 1.98. The Bertz CT molecular complexity index is 574. The molecule has 1 aliphatic heterocycles. The Hall–Kier alpha value is -0.910. The third-order valence-corrected chi connectivity index (χ3v) is 5.75. The number of sulfonamides is 1. The summed E-state index contributed by atoms with van der Waals surface area (Å²) in [7, 11) is -3.24. The van der Waals surface area contributed by atoms with Crippen LogP contribution in [0.5, 0.6) is 0 Å². The highest BCUT2D eigenvalue weighted by Crippen LogP contribution is 2.20. The molecule has 0 amide bonds. The Labute approximate surface area is 141 Å². The van der Waals surface area contributed by atoms with Crippen LogP contribution >= 0.6 is 0 Å². The molecular weight excluding hydrogens is 308 g/mol. The maximum Gasteiger partial charge on any atom is 0.215 e. The molecule has 1 N–H and O–H groups in total. The standard InChI is InChI=1S/C18H30N2O2S/c1-15-5-7-18(8-6-15)14-23(21,22)19-9-4-10-20-12-16(2)11-17(3)13-20/h5-8,16-17,19H,4,9-14H2,1-3H3. The van der Waals surface area contributed by atoms with Crippen LogP contribution in [0, 0.1) is 18.8 Å². The van der Waals surface area contributed by atoms with Gasteiger partial charge in [-0.05, 0) is 43.7 Å². The van der Waals surface area contributed by atoms with E-state index in [-0.39, 0.29) is 5.75 Å². The Morgan fingerprint density at radius 2 is 1.74 bits per heavy atom. The minimum Gasteiger partial charge on any atom is -0.303 e. The predicted octanol–water partition coefficient (Wildman–Crippen LogP) is 2.78. The molecule has 1 saturated heterocycles. The normalized spacial score (nSPS) is 23.1. The molecule has 0 radical (unpaired) electrons. The summed E-state index contributed by atoms with van der Waals surface area (Å²) in [5.74, 6) is 1.55. The molecule has 1 aromatic carbocycles. The van der Waals surface area contributed by atoms with Crippen molar-refractivity contribution in [2.45, 2.75) is 39.4 Å². The summed E-state index contributed by atoms with van der Waals surface area (Å²) < 4.78 is 27.0. The molecule has 1 fully saturated rings. The zero-order valence-electron chi connectivity index (χ0n) is 14.6. The first-order valence-corrected chi connectivity index (χ1v) is 10.2. The number of hydrogen-bond donors (Lipinski definition) is 1. The van der Waals surface area contributed by atoms with Gasteiger partial charge in [0.1, 0.15) is 0 Å². The summed E-state index contributed by atoms with van der Waals surface area (Å²) in [6.45, 7) is 10.4. The second kappa shape index (κ2) is 8.27. The van der Waals surface area contributed by atoms with Gasteiger partial charge in [0.25, 0.3) is 0 Å². The molecule has 1 aliphatic rings. The molecule has 2 atom stereocenters. The fraction of sp³-hybridized carbons (Fsp3) is 0.667. The quantitative estimate of drug-likeness (QED) is 0.778. The average Bonchev–Trinajstić information content (AvgIpc) is 2.45. The molecule has 4 nitrogen and oxygen atoms in total. The van der Waals surface area contributed by atoms with Crippen LogP contribution in [0.4, 0.5) is 0 Å². The molecule has 0 saturated carbocycles. The summed E-state index contributed by atoms with van der Waals surface area (Å²) in [6.07, 6.45) is 2.17. The summed E-state index contributed by atoms with van der Waals surface area (Å²) in [4.78, 5) is 2.47. The number of likely N-dealkylation sites (tertiary alicyclic amines) is 1. The lowest BCUT2D eigenvalue weighted by atomic mass is 9.92. The second-order valence-electron chi connectivity index (χ2n) is 7.20. The van der Waals surface area contributed by atoms with Crippen LogP contribution in [0.25, 0.3) is 0 Å². The smallest absolute Gasteiger partial charge is 0.215 e. The van der Waals surface area contributed by atoms with Gasteiger partial charge < -0.3 is 4.90 Å². The molecule has 0 aliphatic carbocycles. The monoisotopic (exact) mass is 338 g/mol. The number of nitrogens with one attached hydrogen (secondary N) is 1. The Balaban J connectivity index is 1.71. The molecule has 5 heteroatoms. The molecule has 23 heavy (non-hydrogen) atoms. The van der Waals surface area contributed by atoms with Crippen molar-refractivity contribution < 1.29 is 8.42 Å². The fourth-order valence-electron chi connectivity index (χ4n) is 3.46. The third kappa shape index (κ3) is 6.61. The second-order valence-corrected chi connectivity index (χ2v) is 9.01. The lowest BCUT2D eigenvalue weighted by Gasteiger charge is -2.34. The number of aryl methyl sites for hydroxylation is 1. The van der Waals surface area contributed by atoms with Gasteiger partial charge in [0.2, 0.25) is 10.0 Å². The topological polar surface area (TPSA) is 49.4 Å². The van der Waals surface area contributed by atoms with Crippen LogP contribution in [-0.4, -0.2) is 39.5 Å². The van der Waals surface area contributed by atoms with E-state index >= 15 is 0 Å². The van der Waals surface area contributed by atoms with E-state index in [1.807, 2.05) is 31.2 Å². The van der Waals surface area contributed by atoms with Crippen LogP contribution < -0.4 is 4.72 Å². The van der Waals surface area contributed by atoms with Crippen molar-refractivity contribution in [1.29, 1.82) is 0 Å². The summed E-state index contributed by atoms with van der Waals surface area (Å²) in [6, 6.07) is 7.66. The highest BCUT2D eigenvalue weighted by atomic mass is 32.2. The Morgan fingerprint density at radius 3 is 2.35 bits per heavy atom. The van der Waals surface area contributed by atoms with Crippen molar-refractivity contribution in [2.75, 3.05) is 26.2 Å². The SMILES string of the molecule is Cc1ccc(CS(=O)(=O)NCCCN2CC(C)CC(C)C2)cc1. The maximum absolute atomic E-state index is 12.1. The zero-order chi connectivity index (χ0) is 16.9. The van der Waals surface area contributed by atoms with Gasteiger partial charge in [-0.1, -0.05) is 43.7 Å². The van der Waals surface area contributed by atoms with Crippen molar-refractivity contribution in [3.63, 3.8) is 0 Å². The molecule has 0 aromatic heterocycles. The first kappa shape index (κ1) is 18.4. The number of hydrogen-bond acceptors (Lipinski definition) is 3. The van der Waals surface area contributed by atoms with E-state index in [0.29, 0.717) is 6.54 Å². The van der Waals surface area contributed by atoms with Crippen molar-refractivity contribution in [3.8, 4) is 0 Å². The molecule has 0 bridgehead atoms. The Kier molecular flexibility index (Phi) is 6.62. The molecule has 1 heterocycles. The number of nitrogens with zero attached hydrogens (tertiary/aromatic N) is 1. The van der Waals surface area contributed by atoms with E-state index in [9.17, 15) is 8.42 Å². The first-order valence-electron chi connectivity index (χ1n) is 8.59. The van der Waals surface area contributed by atoms with Crippen molar-refractivity contribution in [2.24, 2.45) is 11.8 Å². The lowest BCUT2D eigenvalue weighted by Crippen LogP contribution is -2.40. The summed E-state index contributed by atoms with van der Waals surface area (Å²) in [5, 5.41) is 0. The van der Waals surface area contributed by atoms with Gasteiger partial charge in [-0.3, -0.25) is 0 Å². The van der Waals surface area contributed by atoms with Crippen molar-refractivity contribution >= 4 is 10.0 Å². The van der Waals surface area contributed by atoms with Gasteiger partial charge in [0.15, 0.2) is 0 Å². The predicted molar refractivity (Wildman–Crippen MR) is 95.8 cm³/mol. The molecule has 1 aromatic rings. The zero-order valence-corrected chi connectivity index (χ0v) is 15.4. The molecule has 2 unspecified atom stereocenters. The number of piperidine rings is 1. The van der Waals surface area contributed by atoms with E-state index in [2.05, 4.69) is 23.5 Å². The molecule has 0 spiro atoms. The lowest BCUT2D eigenvalue weighted by molar-refractivity contribution is 0.140. The van der Waals surface area contributed by atoms with Crippen LogP contribution in [0.2, 0.25) is 0 Å². The van der Waals surface area contributed by atoms with Crippen LogP contribution in [0.3, 0.4) is 0 Å². The summed E-state index contributed by atoms with van der Waals surface area (Å²) >= 11 is 0. The number of rotatable bonds is 7. The first-order chi connectivity index (χ1) is 10.8. The van der Waals surface area contributed by atoms with Crippen molar-refractivity contribution in [1.82, 2.24) is 9.62 Å². The van der Waals surface area contributed by atoms with Gasteiger partial charge in [0, 0.05) is 19.6 Å². The van der Waals surface area contributed by atoms with Crippen molar-refractivity contribution in [3.05, 3.63) is 35.4 Å². The van der Waals surface area contributed by atoms with E-state index in [1.54, 1.807) is 0 Å². The van der Waals surface area contributed by atoms with Gasteiger partial charge in [-0.2, -0.15) is 0 Å². The minimum atomic E-state index is -3.24. The van der Waals surface area contributed by atoms with Crippen LogP contribution in [0.1, 0.15) is 37.8 Å². The van der Waals surface area contributed by atoms with Gasteiger partial charge in [-0.15, -0.1) is 0 Å². The van der Waals surface area contributed by atoms with E-state index in [1.165, 1.54) is 6.42 Å². The van der Waals surface area contributed by atoms with Crippen LogP contribution in [0.15, 0.2) is 24.3 Å². The molecule has 2 rings (SSSR count). The molecule has 130 valence electrons. The maximum atomic E-state index is 12.1.